The summed E-state index contributed by atoms with van der Waals surface area (Å²) >= 11 is 0. The lowest BCUT2D eigenvalue weighted by Crippen LogP contribution is -2.46. The number of morpholine rings is 1. The van der Waals surface area contributed by atoms with Crippen LogP contribution in [0.1, 0.15) is 6.42 Å². The summed E-state index contributed by atoms with van der Waals surface area (Å²) in [5.41, 5.74) is 6.26. The van der Waals surface area contributed by atoms with Crippen molar-refractivity contribution in [3.63, 3.8) is 0 Å². The highest BCUT2D eigenvalue weighted by atomic mass is 16.5. The van der Waals surface area contributed by atoms with Gasteiger partial charge in [0.05, 0.1) is 6.61 Å². The van der Waals surface area contributed by atoms with Gasteiger partial charge in [-0.1, -0.05) is 6.07 Å². The third-order valence-corrected chi connectivity index (χ3v) is 2.71. The van der Waals surface area contributed by atoms with Gasteiger partial charge < -0.3 is 15.2 Å². The van der Waals surface area contributed by atoms with E-state index < -0.39 is 0 Å². The normalized spacial score (nSPS) is 15.7. The zero-order chi connectivity index (χ0) is 13.7. The van der Waals surface area contributed by atoms with Crippen LogP contribution in [0.5, 0.6) is 5.75 Å². The van der Waals surface area contributed by atoms with Gasteiger partial charge in [-0.25, -0.2) is 0 Å². The average molecular weight is 264 g/mol. The van der Waals surface area contributed by atoms with Crippen molar-refractivity contribution < 1.29 is 19.1 Å². The number of anilines is 1. The molecule has 0 spiro atoms. The van der Waals surface area contributed by atoms with Crippen molar-refractivity contribution in [3.05, 3.63) is 24.3 Å². The van der Waals surface area contributed by atoms with Gasteiger partial charge in [-0.15, -0.1) is 0 Å². The van der Waals surface area contributed by atoms with Crippen LogP contribution in [0.2, 0.25) is 0 Å². The molecule has 0 aliphatic carbocycles. The molecule has 2 rings (SSSR count). The van der Waals surface area contributed by atoms with E-state index in [1.807, 2.05) is 0 Å². The van der Waals surface area contributed by atoms with Crippen molar-refractivity contribution in [2.24, 2.45) is 0 Å². The molecule has 0 bridgehead atoms. The number of carbonyl (C=O) groups is 2. The van der Waals surface area contributed by atoms with Gasteiger partial charge in [0, 0.05) is 18.3 Å². The lowest BCUT2D eigenvalue weighted by atomic mass is 10.3. The molecule has 1 aliphatic heterocycles. The van der Waals surface area contributed by atoms with Crippen molar-refractivity contribution in [1.82, 2.24) is 4.90 Å². The molecular formula is C13H16N2O4. The quantitative estimate of drug-likeness (QED) is 0.473. The van der Waals surface area contributed by atoms with E-state index in [9.17, 15) is 9.59 Å². The minimum Gasteiger partial charge on any atom is -0.493 e. The highest BCUT2D eigenvalue weighted by Crippen LogP contribution is 2.14. The molecular weight excluding hydrogens is 248 g/mol. The van der Waals surface area contributed by atoms with E-state index in [2.05, 4.69) is 0 Å². The van der Waals surface area contributed by atoms with Crippen molar-refractivity contribution in [2.45, 2.75) is 6.42 Å². The highest BCUT2D eigenvalue weighted by molar-refractivity contribution is 5.98. The minimum atomic E-state index is -0.291. The second-order valence-electron chi connectivity index (χ2n) is 4.21. The maximum atomic E-state index is 11.4. The number of amides is 2. The number of carbonyl (C=O) groups excluding carboxylic acids is 2. The van der Waals surface area contributed by atoms with Gasteiger partial charge in [0.25, 0.3) is 11.8 Å². The summed E-state index contributed by atoms with van der Waals surface area (Å²) in [6.45, 7) is 0.717. The molecule has 1 aromatic carbocycles. The van der Waals surface area contributed by atoms with Crippen molar-refractivity contribution in [2.75, 3.05) is 32.1 Å². The van der Waals surface area contributed by atoms with Crippen LogP contribution in [-0.4, -0.2) is 43.1 Å². The zero-order valence-corrected chi connectivity index (χ0v) is 10.5. The summed E-state index contributed by atoms with van der Waals surface area (Å²) in [5.74, 6) is 0.0973. The molecule has 0 saturated carbocycles. The molecule has 102 valence electrons. The standard InChI is InChI=1S/C13H16N2O4/c14-10-3-1-4-11(7-10)19-6-2-5-15-12(16)8-18-9-13(15)17/h1,3-4,7H,2,5-6,8-9,14H2. The predicted octanol–water partition coefficient (Wildman–Crippen LogP) is 0.423. The summed E-state index contributed by atoms with van der Waals surface area (Å²) in [6.07, 6.45) is 0.576. The Morgan fingerprint density at radius 1 is 1.26 bits per heavy atom. The second-order valence-corrected chi connectivity index (χ2v) is 4.21. The lowest BCUT2D eigenvalue weighted by molar-refractivity contribution is -0.158. The van der Waals surface area contributed by atoms with Gasteiger partial charge in [0.15, 0.2) is 0 Å². The van der Waals surface area contributed by atoms with Crippen molar-refractivity contribution >= 4 is 17.5 Å². The minimum absolute atomic E-state index is 0.0260. The molecule has 1 saturated heterocycles. The third-order valence-electron chi connectivity index (χ3n) is 2.71. The maximum absolute atomic E-state index is 11.4. The van der Waals surface area contributed by atoms with E-state index >= 15 is 0 Å². The molecule has 0 unspecified atom stereocenters. The van der Waals surface area contributed by atoms with Gasteiger partial charge >= 0.3 is 0 Å². The number of nitrogen functional groups attached to an aromatic ring is 1. The van der Waals surface area contributed by atoms with E-state index in [1.54, 1.807) is 24.3 Å². The van der Waals surface area contributed by atoms with Gasteiger partial charge in [-0.2, -0.15) is 0 Å². The van der Waals surface area contributed by atoms with E-state index in [1.165, 1.54) is 4.90 Å². The molecule has 1 aliphatic rings. The third kappa shape index (κ3) is 3.69. The number of imide groups is 1. The predicted molar refractivity (Wildman–Crippen MR) is 68.5 cm³/mol. The van der Waals surface area contributed by atoms with E-state index in [0.29, 0.717) is 31.0 Å². The second kappa shape index (κ2) is 6.19. The molecule has 0 radical (unpaired) electrons. The van der Waals surface area contributed by atoms with Crippen LogP contribution < -0.4 is 10.5 Å². The number of hydrogen-bond acceptors (Lipinski definition) is 5. The Bertz CT molecular complexity index is 459. The molecule has 2 amide bonds. The summed E-state index contributed by atoms with van der Waals surface area (Å²) < 4.78 is 10.3. The monoisotopic (exact) mass is 264 g/mol. The summed E-state index contributed by atoms with van der Waals surface area (Å²) in [5, 5.41) is 0. The maximum Gasteiger partial charge on any atom is 0.255 e. The molecule has 1 fully saturated rings. The lowest BCUT2D eigenvalue weighted by Gasteiger charge is -2.24. The number of hydrogen-bond donors (Lipinski definition) is 1. The Morgan fingerprint density at radius 2 is 2.00 bits per heavy atom. The van der Waals surface area contributed by atoms with Crippen molar-refractivity contribution in [3.8, 4) is 5.75 Å². The van der Waals surface area contributed by atoms with E-state index in [4.69, 9.17) is 15.2 Å². The van der Waals surface area contributed by atoms with E-state index in [0.717, 1.165) is 0 Å². The number of rotatable bonds is 5. The number of nitrogens with two attached hydrogens (primary N) is 1. The Kier molecular flexibility index (Phi) is 4.35. The molecule has 2 N–H and O–H groups in total. The molecule has 19 heavy (non-hydrogen) atoms. The summed E-state index contributed by atoms with van der Waals surface area (Å²) in [7, 11) is 0. The first-order valence-corrected chi connectivity index (χ1v) is 6.06. The molecule has 0 atom stereocenters. The summed E-state index contributed by atoms with van der Waals surface area (Å²) in [4.78, 5) is 24.1. The van der Waals surface area contributed by atoms with Crippen LogP contribution in [0.25, 0.3) is 0 Å². The molecule has 6 nitrogen and oxygen atoms in total. The van der Waals surface area contributed by atoms with Gasteiger partial charge in [0.2, 0.25) is 0 Å². The fourth-order valence-electron chi connectivity index (χ4n) is 1.79. The van der Waals surface area contributed by atoms with Crippen LogP contribution in [-0.2, 0) is 14.3 Å². The SMILES string of the molecule is Nc1cccc(OCCCN2C(=O)COCC2=O)c1. The van der Waals surface area contributed by atoms with E-state index in [-0.39, 0.29) is 25.0 Å². The molecule has 6 heteroatoms. The van der Waals surface area contributed by atoms with Crippen LogP contribution in [0.3, 0.4) is 0 Å². The Hall–Kier alpha value is -2.08. The number of ether oxygens (including phenoxy) is 2. The van der Waals surface area contributed by atoms with Crippen LogP contribution >= 0.6 is 0 Å². The Labute approximate surface area is 111 Å². The fourth-order valence-corrected chi connectivity index (χ4v) is 1.79. The fraction of sp³-hybridized carbons (Fsp3) is 0.385. The topological polar surface area (TPSA) is 81.9 Å². The zero-order valence-electron chi connectivity index (χ0n) is 10.5. The van der Waals surface area contributed by atoms with Crippen LogP contribution in [0, 0.1) is 0 Å². The highest BCUT2D eigenvalue weighted by Gasteiger charge is 2.25. The smallest absolute Gasteiger partial charge is 0.255 e. The Morgan fingerprint density at radius 3 is 2.68 bits per heavy atom. The summed E-state index contributed by atoms with van der Waals surface area (Å²) in [6, 6.07) is 7.12. The largest absolute Gasteiger partial charge is 0.493 e. The van der Waals surface area contributed by atoms with Gasteiger partial charge in [-0.05, 0) is 18.6 Å². The Balaban J connectivity index is 1.74. The average Bonchev–Trinajstić information content (AvgIpc) is 2.37. The first kappa shape index (κ1) is 13.4. The van der Waals surface area contributed by atoms with Crippen LogP contribution in [0.15, 0.2) is 24.3 Å². The first-order valence-electron chi connectivity index (χ1n) is 6.06. The number of nitrogens with zero attached hydrogens (tertiary/aromatic N) is 1. The van der Waals surface area contributed by atoms with Crippen molar-refractivity contribution in [1.29, 1.82) is 0 Å². The number of benzene rings is 1. The van der Waals surface area contributed by atoms with Gasteiger partial charge in [-0.3, -0.25) is 14.5 Å². The van der Waals surface area contributed by atoms with Crippen LogP contribution in [0.4, 0.5) is 5.69 Å². The first-order chi connectivity index (χ1) is 9.16. The molecule has 1 heterocycles. The van der Waals surface area contributed by atoms with Gasteiger partial charge in [0.1, 0.15) is 19.0 Å². The molecule has 1 aromatic rings. The molecule has 0 aromatic heterocycles.